The van der Waals surface area contributed by atoms with E-state index in [1.165, 1.54) is 0 Å². The normalized spacial score (nSPS) is 13.3. The monoisotopic (exact) mass is 216 g/mol. The maximum atomic E-state index is 8.84. The molecule has 0 aliphatic carbocycles. The second kappa shape index (κ2) is 7.85. The molecule has 0 atom stereocenters. The highest BCUT2D eigenvalue weighted by Gasteiger charge is 2.23. The molecular weight excluding hydrogens is 192 g/mol. The second-order valence-electron chi connectivity index (χ2n) is 3.75. The fraction of sp³-hybridized carbons (Fsp3) is 0.833. The minimum Gasteiger partial charge on any atom is -0.392 e. The van der Waals surface area contributed by atoms with E-state index in [-0.39, 0.29) is 6.61 Å². The van der Waals surface area contributed by atoms with Gasteiger partial charge in [-0.15, -0.1) is 0 Å². The Morgan fingerprint density at radius 3 is 2.20 bits per heavy atom. The molecule has 0 spiro atoms. The summed E-state index contributed by atoms with van der Waals surface area (Å²) in [6.07, 6.45) is 3.70. The molecule has 1 N–H and O–H groups in total. The Balaban J connectivity index is 4.06. The van der Waals surface area contributed by atoms with Gasteiger partial charge in [-0.05, 0) is 34.1 Å². The van der Waals surface area contributed by atoms with E-state index in [1.54, 1.807) is 0 Å². The molecule has 3 heteroatoms. The van der Waals surface area contributed by atoms with Crippen LogP contribution in [0.3, 0.4) is 0 Å². The first kappa shape index (κ1) is 14.6. The van der Waals surface area contributed by atoms with Crippen LogP contribution in [-0.2, 0) is 9.47 Å². The third kappa shape index (κ3) is 6.66. The van der Waals surface area contributed by atoms with Gasteiger partial charge in [-0.1, -0.05) is 11.6 Å². The lowest BCUT2D eigenvalue weighted by molar-refractivity contribution is -0.223. The lowest BCUT2D eigenvalue weighted by Gasteiger charge is -2.28. The van der Waals surface area contributed by atoms with E-state index in [1.807, 2.05) is 33.8 Å². The molecule has 0 heterocycles. The van der Waals surface area contributed by atoms with E-state index < -0.39 is 5.79 Å². The zero-order valence-corrected chi connectivity index (χ0v) is 10.4. The smallest absolute Gasteiger partial charge is 0.165 e. The quantitative estimate of drug-likeness (QED) is 0.500. The number of ether oxygens (including phenoxy) is 2. The van der Waals surface area contributed by atoms with Crippen molar-refractivity contribution in [1.82, 2.24) is 0 Å². The molecule has 0 aliphatic heterocycles. The summed E-state index contributed by atoms with van der Waals surface area (Å²) in [6, 6.07) is 0. The lowest BCUT2D eigenvalue weighted by Crippen LogP contribution is -2.32. The van der Waals surface area contributed by atoms with E-state index >= 15 is 0 Å². The van der Waals surface area contributed by atoms with Crippen molar-refractivity contribution in [3.63, 3.8) is 0 Å². The van der Waals surface area contributed by atoms with Gasteiger partial charge in [0.1, 0.15) is 0 Å². The van der Waals surface area contributed by atoms with E-state index in [4.69, 9.17) is 14.6 Å². The van der Waals surface area contributed by atoms with Crippen LogP contribution in [0.5, 0.6) is 0 Å². The van der Waals surface area contributed by atoms with Crippen LogP contribution in [0.1, 0.15) is 40.5 Å². The number of aliphatic hydroxyl groups excluding tert-OH is 1. The molecule has 0 aromatic heterocycles. The van der Waals surface area contributed by atoms with Crippen LogP contribution in [0.2, 0.25) is 0 Å². The fourth-order valence-electron chi connectivity index (χ4n) is 1.44. The minimum absolute atomic E-state index is 0.125. The van der Waals surface area contributed by atoms with Gasteiger partial charge in [0.2, 0.25) is 0 Å². The summed E-state index contributed by atoms with van der Waals surface area (Å²) in [5.74, 6) is -0.490. The molecule has 0 fully saturated rings. The number of hydrogen-bond acceptors (Lipinski definition) is 3. The van der Waals surface area contributed by atoms with Gasteiger partial charge in [0, 0.05) is 19.6 Å². The molecule has 0 saturated heterocycles. The minimum atomic E-state index is -0.490. The average molecular weight is 216 g/mol. The predicted molar refractivity (Wildman–Crippen MR) is 61.7 cm³/mol. The molecule has 0 bridgehead atoms. The molecular formula is C12H24O3. The van der Waals surface area contributed by atoms with E-state index in [0.29, 0.717) is 13.2 Å². The average Bonchev–Trinajstić information content (AvgIpc) is 2.18. The summed E-state index contributed by atoms with van der Waals surface area (Å²) in [4.78, 5) is 0. The topological polar surface area (TPSA) is 38.7 Å². The first-order valence-corrected chi connectivity index (χ1v) is 5.62. The van der Waals surface area contributed by atoms with Crippen molar-refractivity contribution >= 4 is 0 Å². The van der Waals surface area contributed by atoms with Gasteiger partial charge < -0.3 is 14.6 Å². The SMILES string of the molecule is CCOC(C)(CCC=C(C)CO)OCC. The molecule has 0 aliphatic rings. The van der Waals surface area contributed by atoms with Crippen LogP contribution in [-0.4, -0.2) is 30.7 Å². The van der Waals surface area contributed by atoms with Crippen LogP contribution < -0.4 is 0 Å². The Bertz CT molecular complexity index is 181. The number of rotatable bonds is 8. The highest BCUT2D eigenvalue weighted by atomic mass is 16.7. The van der Waals surface area contributed by atoms with Crippen molar-refractivity contribution in [2.75, 3.05) is 19.8 Å². The van der Waals surface area contributed by atoms with Crippen molar-refractivity contribution in [3.05, 3.63) is 11.6 Å². The molecule has 3 nitrogen and oxygen atoms in total. The summed E-state index contributed by atoms with van der Waals surface area (Å²) in [5, 5.41) is 8.84. The first-order chi connectivity index (χ1) is 7.08. The lowest BCUT2D eigenvalue weighted by atomic mass is 10.1. The van der Waals surface area contributed by atoms with Crippen LogP contribution in [0.15, 0.2) is 11.6 Å². The van der Waals surface area contributed by atoms with Crippen molar-refractivity contribution in [1.29, 1.82) is 0 Å². The van der Waals surface area contributed by atoms with Gasteiger partial charge in [-0.3, -0.25) is 0 Å². The Kier molecular flexibility index (Phi) is 7.65. The molecule has 15 heavy (non-hydrogen) atoms. The molecule has 0 aromatic rings. The third-order valence-electron chi connectivity index (χ3n) is 2.24. The molecule has 0 amide bonds. The number of aliphatic hydroxyl groups is 1. The van der Waals surface area contributed by atoms with Crippen molar-refractivity contribution in [2.45, 2.75) is 46.3 Å². The Morgan fingerprint density at radius 2 is 1.80 bits per heavy atom. The summed E-state index contributed by atoms with van der Waals surface area (Å²) < 4.78 is 11.1. The zero-order valence-electron chi connectivity index (χ0n) is 10.4. The Morgan fingerprint density at radius 1 is 1.27 bits per heavy atom. The van der Waals surface area contributed by atoms with Crippen LogP contribution >= 0.6 is 0 Å². The van der Waals surface area contributed by atoms with Gasteiger partial charge >= 0.3 is 0 Å². The second-order valence-corrected chi connectivity index (χ2v) is 3.75. The summed E-state index contributed by atoms with van der Waals surface area (Å²) in [6.45, 7) is 9.23. The van der Waals surface area contributed by atoms with E-state index in [0.717, 1.165) is 18.4 Å². The largest absolute Gasteiger partial charge is 0.392 e. The fourth-order valence-corrected chi connectivity index (χ4v) is 1.44. The van der Waals surface area contributed by atoms with Crippen LogP contribution in [0, 0.1) is 0 Å². The number of allylic oxidation sites excluding steroid dienone is 1. The molecule has 0 aromatic carbocycles. The third-order valence-corrected chi connectivity index (χ3v) is 2.24. The molecule has 0 saturated carbocycles. The maximum absolute atomic E-state index is 8.84. The highest BCUT2D eigenvalue weighted by Crippen LogP contribution is 2.20. The summed E-state index contributed by atoms with van der Waals surface area (Å²) in [7, 11) is 0. The van der Waals surface area contributed by atoms with Gasteiger partial charge in [0.25, 0.3) is 0 Å². The standard InChI is InChI=1S/C12H24O3/c1-5-14-12(4,15-6-2)9-7-8-11(3)10-13/h8,13H,5-7,9-10H2,1-4H3. The summed E-state index contributed by atoms with van der Waals surface area (Å²) >= 11 is 0. The van der Waals surface area contributed by atoms with E-state index in [9.17, 15) is 0 Å². The van der Waals surface area contributed by atoms with Gasteiger partial charge in [-0.25, -0.2) is 0 Å². The van der Waals surface area contributed by atoms with Crippen molar-refractivity contribution in [2.24, 2.45) is 0 Å². The zero-order chi connectivity index (χ0) is 11.7. The van der Waals surface area contributed by atoms with Crippen molar-refractivity contribution < 1.29 is 14.6 Å². The number of hydrogen-bond donors (Lipinski definition) is 1. The van der Waals surface area contributed by atoms with Crippen molar-refractivity contribution in [3.8, 4) is 0 Å². The maximum Gasteiger partial charge on any atom is 0.165 e. The van der Waals surface area contributed by atoms with Gasteiger partial charge in [-0.2, -0.15) is 0 Å². The van der Waals surface area contributed by atoms with Crippen LogP contribution in [0.4, 0.5) is 0 Å². The van der Waals surface area contributed by atoms with Gasteiger partial charge in [0.05, 0.1) is 6.61 Å². The molecule has 0 unspecified atom stereocenters. The summed E-state index contributed by atoms with van der Waals surface area (Å²) in [5.41, 5.74) is 0.991. The first-order valence-electron chi connectivity index (χ1n) is 5.62. The predicted octanol–water partition coefficient (Wildman–Crippen LogP) is 2.49. The Labute approximate surface area is 93.1 Å². The Hall–Kier alpha value is -0.380. The molecule has 90 valence electrons. The highest BCUT2D eigenvalue weighted by molar-refractivity contribution is 4.97. The van der Waals surface area contributed by atoms with E-state index in [2.05, 4.69) is 0 Å². The molecule has 0 rings (SSSR count). The van der Waals surface area contributed by atoms with Gasteiger partial charge in [0.15, 0.2) is 5.79 Å². The van der Waals surface area contributed by atoms with Crippen LogP contribution in [0.25, 0.3) is 0 Å². The molecule has 0 radical (unpaired) electrons.